The molecule has 0 aliphatic carbocycles. The van der Waals surface area contributed by atoms with Gasteiger partial charge in [0.1, 0.15) is 15.4 Å². The van der Waals surface area contributed by atoms with Crippen molar-refractivity contribution in [1.82, 2.24) is 16.0 Å². The van der Waals surface area contributed by atoms with Crippen LogP contribution in [-0.4, -0.2) is 41.7 Å². The molecule has 0 saturated carbocycles. The highest BCUT2D eigenvalue weighted by Crippen LogP contribution is 2.28. The van der Waals surface area contributed by atoms with Gasteiger partial charge >= 0.3 is 0 Å². The number of nitrogens with zero attached hydrogens (tertiary/aromatic N) is 1. The van der Waals surface area contributed by atoms with E-state index in [4.69, 9.17) is 9.73 Å². The first-order chi connectivity index (χ1) is 13.2. The van der Waals surface area contributed by atoms with E-state index in [9.17, 15) is 26.4 Å². The molecule has 12 heteroatoms. The predicted molar refractivity (Wildman–Crippen MR) is 89.2 cm³/mol. The van der Waals surface area contributed by atoms with Crippen LogP contribution in [0.5, 0.6) is 0 Å². The summed E-state index contributed by atoms with van der Waals surface area (Å²) < 4.78 is 68.5. The first kappa shape index (κ1) is 20.3. The van der Waals surface area contributed by atoms with Crippen LogP contribution in [-0.2, 0) is 21.2 Å². The van der Waals surface area contributed by atoms with Gasteiger partial charge in [-0.1, -0.05) is 5.16 Å². The average molecular weight is 419 g/mol. The van der Waals surface area contributed by atoms with Crippen LogP contribution >= 0.6 is 0 Å². The first-order valence-corrected chi connectivity index (χ1v) is 9.99. The summed E-state index contributed by atoms with van der Waals surface area (Å²) in [7, 11) is -3.27. The number of halogens is 3. The summed E-state index contributed by atoms with van der Waals surface area (Å²) >= 11 is 0. The van der Waals surface area contributed by atoms with Crippen molar-refractivity contribution in [3.05, 3.63) is 41.3 Å². The molecule has 0 radical (unpaired) electrons. The van der Waals surface area contributed by atoms with E-state index in [1.54, 1.807) is 0 Å². The van der Waals surface area contributed by atoms with Crippen molar-refractivity contribution in [3.63, 3.8) is 0 Å². The molecular formula is C16H16F3N3O5S. The van der Waals surface area contributed by atoms with Crippen molar-refractivity contribution in [2.75, 3.05) is 11.5 Å². The van der Waals surface area contributed by atoms with Crippen LogP contribution in [0.4, 0.5) is 13.2 Å². The Morgan fingerprint density at radius 3 is 2.54 bits per heavy atom. The van der Waals surface area contributed by atoms with Gasteiger partial charge in [0, 0.05) is 12.6 Å². The Hall–Kier alpha value is -2.44. The number of nitrogens with one attached hydrogen (secondary N) is 2. The van der Waals surface area contributed by atoms with E-state index in [0.717, 1.165) is 12.1 Å². The Bertz CT molecular complexity index is 995. The van der Waals surface area contributed by atoms with Crippen LogP contribution in [0.3, 0.4) is 0 Å². The summed E-state index contributed by atoms with van der Waals surface area (Å²) in [5.41, 5.74) is 0.0582. The van der Waals surface area contributed by atoms with E-state index in [2.05, 4.69) is 10.5 Å². The molecule has 3 rings (SSSR count). The molecule has 2 aromatic rings. The second-order valence-corrected chi connectivity index (χ2v) is 8.74. The molecule has 3 N–H and O–H groups in total. The second kappa shape index (κ2) is 7.53. The highest BCUT2D eigenvalue weighted by molar-refractivity contribution is 7.91. The van der Waals surface area contributed by atoms with Crippen LogP contribution in [0.25, 0.3) is 11.3 Å². The lowest BCUT2D eigenvalue weighted by atomic mass is 9.91. The fourth-order valence-corrected chi connectivity index (χ4v) is 4.50. The van der Waals surface area contributed by atoms with Crippen LogP contribution in [0, 0.1) is 17.5 Å². The number of carbonyl (C=O) groups is 1. The molecule has 0 atom stereocenters. The van der Waals surface area contributed by atoms with Gasteiger partial charge in [0.25, 0.3) is 5.91 Å². The van der Waals surface area contributed by atoms with Crippen molar-refractivity contribution in [2.24, 2.45) is 0 Å². The van der Waals surface area contributed by atoms with Crippen molar-refractivity contribution in [1.29, 1.82) is 0 Å². The third-order valence-corrected chi connectivity index (χ3v) is 6.34. The molecule has 1 aromatic carbocycles. The number of sulfone groups is 1. The molecule has 28 heavy (non-hydrogen) atoms. The third kappa shape index (κ3) is 3.88. The van der Waals surface area contributed by atoms with Gasteiger partial charge in [-0.2, -0.15) is 0 Å². The number of hydrogen-bond donors (Lipinski definition) is 3. The normalized spacial score (nSPS) is 18.0. The van der Waals surface area contributed by atoms with Gasteiger partial charge in [0.2, 0.25) is 0 Å². The maximum Gasteiger partial charge on any atom is 0.263 e. The fraction of sp³-hybridized carbons (Fsp3) is 0.375. The predicted octanol–water partition coefficient (Wildman–Crippen LogP) is 1.30. The Morgan fingerprint density at radius 1 is 1.21 bits per heavy atom. The smallest absolute Gasteiger partial charge is 0.263 e. The summed E-state index contributed by atoms with van der Waals surface area (Å²) in [6, 6.07) is 3.02. The van der Waals surface area contributed by atoms with Crippen LogP contribution in [0.15, 0.2) is 22.7 Å². The van der Waals surface area contributed by atoms with E-state index in [1.165, 1.54) is 11.5 Å². The molecule has 1 fully saturated rings. The van der Waals surface area contributed by atoms with Crippen molar-refractivity contribution >= 4 is 15.7 Å². The van der Waals surface area contributed by atoms with Gasteiger partial charge < -0.3 is 4.52 Å². The zero-order valence-corrected chi connectivity index (χ0v) is 15.2. The Labute approximate surface area is 157 Å². The number of hydrogen-bond acceptors (Lipinski definition) is 7. The quantitative estimate of drug-likeness (QED) is 0.379. The number of hydroxylamine groups is 1. The molecule has 0 spiro atoms. The molecular weight excluding hydrogens is 403 g/mol. The van der Waals surface area contributed by atoms with Gasteiger partial charge in [-0.05, 0) is 25.0 Å². The molecule has 1 aromatic heterocycles. The van der Waals surface area contributed by atoms with Gasteiger partial charge in [-0.15, -0.1) is 0 Å². The minimum Gasteiger partial charge on any atom is -0.356 e. The standard InChI is InChI=1S/C16H16F3N3O5S/c17-11-2-1-10(13(18)14(11)19)12-7-9(22-27-12)8-20-16(15(23)21-24)3-5-28(25,26)6-4-16/h1-2,7,20,24H,3-6,8H2,(H,21,23). The van der Waals surface area contributed by atoms with E-state index < -0.39 is 38.7 Å². The number of aromatic nitrogens is 1. The SMILES string of the molecule is O=C(NO)C1(NCc2cc(-c3ccc(F)c(F)c3F)on2)CCS(=O)(=O)CC1. The average Bonchev–Trinajstić information content (AvgIpc) is 3.14. The van der Waals surface area contributed by atoms with Crippen LogP contribution < -0.4 is 10.8 Å². The molecule has 1 aliphatic heterocycles. The van der Waals surface area contributed by atoms with Gasteiger partial charge in [-0.25, -0.2) is 27.1 Å². The third-order valence-electron chi connectivity index (χ3n) is 4.68. The zero-order valence-electron chi connectivity index (χ0n) is 14.3. The molecule has 2 heterocycles. The molecule has 0 unspecified atom stereocenters. The monoisotopic (exact) mass is 419 g/mol. The number of rotatable bonds is 5. The van der Waals surface area contributed by atoms with E-state index >= 15 is 0 Å². The molecule has 8 nitrogen and oxygen atoms in total. The van der Waals surface area contributed by atoms with Crippen molar-refractivity contribution in [2.45, 2.75) is 24.9 Å². The minimum absolute atomic E-state index is 0.0652. The van der Waals surface area contributed by atoms with Crippen LogP contribution in [0.2, 0.25) is 0 Å². The summed E-state index contributed by atoms with van der Waals surface area (Å²) in [5.74, 6) is -5.83. The fourth-order valence-electron chi connectivity index (χ4n) is 2.98. The maximum atomic E-state index is 13.9. The zero-order chi connectivity index (χ0) is 20.5. The Morgan fingerprint density at radius 2 is 1.89 bits per heavy atom. The lowest BCUT2D eigenvalue weighted by Gasteiger charge is -2.35. The van der Waals surface area contributed by atoms with E-state index in [-0.39, 0.29) is 47.9 Å². The van der Waals surface area contributed by atoms with Crippen molar-refractivity contribution < 1.29 is 36.1 Å². The second-order valence-electron chi connectivity index (χ2n) is 6.43. The molecule has 1 aliphatic rings. The van der Waals surface area contributed by atoms with Gasteiger partial charge in [-0.3, -0.25) is 15.3 Å². The lowest BCUT2D eigenvalue weighted by molar-refractivity contribution is -0.136. The Kier molecular flexibility index (Phi) is 5.46. The topological polar surface area (TPSA) is 122 Å². The summed E-state index contributed by atoms with van der Waals surface area (Å²) in [4.78, 5) is 12.1. The van der Waals surface area contributed by atoms with E-state index in [1.807, 2.05) is 0 Å². The number of carbonyl (C=O) groups excluding carboxylic acids is 1. The molecule has 1 saturated heterocycles. The Balaban J connectivity index is 1.77. The van der Waals surface area contributed by atoms with E-state index in [0.29, 0.717) is 0 Å². The van der Waals surface area contributed by atoms with Gasteiger partial charge in [0.05, 0.1) is 22.8 Å². The first-order valence-electron chi connectivity index (χ1n) is 8.17. The highest BCUT2D eigenvalue weighted by Gasteiger charge is 2.43. The van der Waals surface area contributed by atoms with Crippen molar-refractivity contribution in [3.8, 4) is 11.3 Å². The summed E-state index contributed by atoms with van der Waals surface area (Å²) in [6.07, 6.45) is -0.130. The molecule has 0 bridgehead atoms. The molecule has 152 valence electrons. The minimum atomic E-state index is -3.27. The lowest BCUT2D eigenvalue weighted by Crippen LogP contribution is -2.59. The summed E-state index contributed by atoms with van der Waals surface area (Å²) in [5, 5.41) is 15.5. The maximum absolute atomic E-state index is 13.9. The van der Waals surface area contributed by atoms with Gasteiger partial charge in [0.15, 0.2) is 23.2 Å². The largest absolute Gasteiger partial charge is 0.356 e. The number of benzene rings is 1. The highest BCUT2D eigenvalue weighted by atomic mass is 32.2. The molecule has 1 amide bonds. The van der Waals surface area contributed by atoms with Crippen LogP contribution in [0.1, 0.15) is 18.5 Å². The summed E-state index contributed by atoms with van der Waals surface area (Å²) in [6.45, 7) is -0.0811. The number of amides is 1.